The Labute approximate surface area is 83.7 Å². The Bertz CT molecular complexity index is 382. The van der Waals surface area contributed by atoms with E-state index in [4.69, 9.17) is 0 Å². The summed E-state index contributed by atoms with van der Waals surface area (Å²) in [6.07, 6.45) is -2.75. The fourth-order valence-corrected chi connectivity index (χ4v) is 0.902. The molecule has 0 aliphatic heterocycles. The number of carbonyl (C=O) groups is 1. The number of carbonyl (C=O) groups excluding carboxylic acids is 1. The van der Waals surface area contributed by atoms with Crippen molar-refractivity contribution in [3.05, 3.63) is 41.7 Å². The second-order valence-corrected chi connectivity index (χ2v) is 2.74. The van der Waals surface area contributed by atoms with E-state index >= 15 is 0 Å². The van der Waals surface area contributed by atoms with Crippen LogP contribution >= 0.6 is 0 Å². The van der Waals surface area contributed by atoms with Crippen molar-refractivity contribution in [1.82, 2.24) is 0 Å². The molecule has 0 radical (unpaired) electrons. The average molecular weight is 216 g/mol. The molecule has 0 bridgehead atoms. The monoisotopic (exact) mass is 216 g/mol. The van der Waals surface area contributed by atoms with Crippen molar-refractivity contribution in [2.45, 2.75) is 6.43 Å². The van der Waals surface area contributed by atoms with Crippen LogP contribution < -0.4 is 0 Å². The van der Waals surface area contributed by atoms with Crippen LogP contribution in [0.25, 0.3) is 5.76 Å². The van der Waals surface area contributed by atoms with Gasteiger partial charge in [-0.25, -0.2) is 13.2 Å². The van der Waals surface area contributed by atoms with E-state index < -0.39 is 23.8 Å². The molecule has 0 aromatic heterocycles. The minimum atomic E-state index is -3.16. The number of rotatable bonds is 3. The summed E-state index contributed by atoms with van der Waals surface area (Å²) in [4.78, 5) is 10.5. The summed E-state index contributed by atoms with van der Waals surface area (Å²) in [7, 11) is 0. The summed E-state index contributed by atoms with van der Waals surface area (Å²) in [5.74, 6) is -2.62. The molecular formula is C10H7F3O2. The lowest BCUT2D eigenvalue weighted by molar-refractivity contribution is -0.124. The SMILES string of the molecule is O=C(/C=C(\O)c1ccc(F)cc1)C(F)F. The first kappa shape index (κ1) is 11.3. The summed E-state index contributed by atoms with van der Waals surface area (Å²) in [5.41, 5.74) is 0.102. The van der Waals surface area contributed by atoms with E-state index in [1.54, 1.807) is 0 Å². The molecule has 0 aliphatic carbocycles. The van der Waals surface area contributed by atoms with Gasteiger partial charge in [0.05, 0.1) is 0 Å². The number of alkyl halides is 2. The molecule has 15 heavy (non-hydrogen) atoms. The molecule has 0 amide bonds. The van der Waals surface area contributed by atoms with Crippen LogP contribution in [0.2, 0.25) is 0 Å². The maximum Gasteiger partial charge on any atom is 0.300 e. The normalized spacial score (nSPS) is 11.9. The Morgan fingerprint density at radius 1 is 1.27 bits per heavy atom. The minimum absolute atomic E-state index is 0.102. The van der Waals surface area contributed by atoms with E-state index in [1.807, 2.05) is 0 Å². The van der Waals surface area contributed by atoms with Crippen LogP contribution in [0, 0.1) is 5.82 Å². The molecule has 80 valence electrons. The molecular weight excluding hydrogens is 209 g/mol. The molecule has 0 spiro atoms. The van der Waals surface area contributed by atoms with Gasteiger partial charge in [-0.05, 0) is 24.3 Å². The molecule has 1 aromatic rings. The summed E-state index contributed by atoms with van der Waals surface area (Å²) in [5, 5.41) is 9.22. The van der Waals surface area contributed by atoms with Gasteiger partial charge in [0.1, 0.15) is 11.6 Å². The van der Waals surface area contributed by atoms with Gasteiger partial charge < -0.3 is 5.11 Å². The van der Waals surface area contributed by atoms with Gasteiger partial charge in [0.2, 0.25) is 5.78 Å². The van der Waals surface area contributed by atoms with Crippen molar-refractivity contribution in [2.75, 3.05) is 0 Å². The zero-order valence-electron chi connectivity index (χ0n) is 7.45. The third kappa shape index (κ3) is 3.12. The van der Waals surface area contributed by atoms with Crippen LogP contribution in [0.4, 0.5) is 13.2 Å². The highest BCUT2D eigenvalue weighted by atomic mass is 19.3. The summed E-state index contributed by atoms with van der Waals surface area (Å²) < 4.78 is 36.1. The van der Waals surface area contributed by atoms with Crippen LogP contribution in [0.1, 0.15) is 5.56 Å². The van der Waals surface area contributed by atoms with Crippen molar-refractivity contribution in [3.8, 4) is 0 Å². The number of halogens is 3. The molecule has 1 rings (SSSR count). The van der Waals surface area contributed by atoms with Gasteiger partial charge in [-0.3, -0.25) is 4.79 Å². The molecule has 0 atom stereocenters. The molecule has 0 heterocycles. The third-order valence-electron chi connectivity index (χ3n) is 1.63. The van der Waals surface area contributed by atoms with Crippen LogP contribution in [0.3, 0.4) is 0 Å². The first-order chi connectivity index (χ1) is 7.00. The molecule has 0 aliphatic rings. The molecule has 0 fully saturated rings. The Morgan fingerprint density at radius 3 is 2.27 bits per heavy atom. The van der Waals surface area contributed by atoms with E-state index in [0.29, 0.717) is 6.08 Å². The maximum absolute atomic E-state index is 12.5. The Kier molecular flexibility index (Phi) is 3.49. The summed E-state index contributed by atoms with van der Waals surface area (Å²) in [6.45, 7) is 0. The van der Waals surface area contributed by atoms with Crippen molar-refractivity contribution in [1.29, 1.82) is 0 Å². The minimum Gasteiger partial charge on any atom is -0.507 e. The number of aliphatic hydroxyl groups is 1. The fraction of sp³-hybridized carbons (Fsp3) is 0.100. The van der Waals surface area contributed by atoms with Gasteiger partial charge in [0.25, 0.3) is 6.43 Å². The average Bonchev–Trinajstić information content (AvgIpc) is 2.18. The lowest BCUT2D eigenvalue weighted by Crippen LogP contribution is -2.06. The van der Waals surface area contributed by atoms with Crippen molar-refractivity contribution < 1.29 is 23.1 Å². The molecule has 5 heteroatoms. The van der Waals surface area contributed by atoms with E-state index in [-0.39, 0.29) is 5.56 Å². The number of hydrogen-bond acceptors (Lipinski definition) is 2. The Balaban J connectivity index is 2.89. The molecule has 0 saturated heterocycles. The highest BCUT2D eigenvalue weighted by Crippen LogP contribution is 2.12. The number of aliphatic hydroxyl groups excluding tert-OH is 1. The maximum atomic E-state index is 12.5. The van der Waals surface area contributed by atoms with Gasteiger partial charge >= 0.3 is 0 Å². The number of hydrogen-bond donors (Lipinski definition) is 1. The summed E-state index contributed by atoms with van der Waals surface area (Å²) >= 11 is 0. The van der Waals surface area contributed by atoms with E-state index in [9.17, 15) is 23.1 Å². The van der Waals surface area contributed by atoms with Gasteiger partial charge in [-0.15, -0.1) is 0 Å². The lowest BCUT2D eigenvalue weighted by atomic mass is 10.1. The van der Waals surface area contributed by atoms with Crippen LogP contribution in [-0.2, 0) is 4.79 Å². The predicted octanol–water partition coefficient (Wildman–Crippen LogP) is 2.56. The smallest absolute Gasteiger partial charge is 0.300 e. The van der Waals surface area contributed by atoms with Crippen LogP contribution in [0.15, 0.2) is 30.3 Å². The number of allylic oxidation sites excluding steroid dienone is 1. The van der Waals surface area contributed by atoms with Gasteiger partial charge in [-0.2, -0.15) is 0 Å². The van der Waals surface area contributed by atoms with Crippen molar-refractivity contribution in [3.63, 3.8) is 0 Å². The molecule has 1 N–H and O–H groups in total. The highest BCUT2D eigenvalue weighted by Gasteiger charge is 2.13. The van der Waals surface area contributed by atoms with Gasteiger partial charge in [0, 0.05) is 11.6 Å². The summed E-state index contributed by atoms with van der Waals surface area (Å²) in [6, 6.07) is 4.46. The van der Waals surface area contributed by atoms with Gasteiger partial charge in [0.15, 0.2) is 0 Å². The quantitative estimate of drug-likeness (QED) is 0.622. The largest absolute Gasteiger partial charge is 0.507 e. The Hall–Kier alpha value is -1.78. The molecule has 0 saturated carbocycles. The van der Waals surface area contributed by atoms with E-state index in [0.717, 1.165) is 12.1 Å². The standard InChI is InChI=1S/C10H7F3O2/c11-7-3-1-6(2-4-7)8(14)5-9(15)10(12)13/h1-5,10,14H/b8-5-. The number of ketones is 1. The first-order valence-electron chi connectivity index (χ1n) is 3.99. The second-order valence-electron chi connectivity index (χ2n) is 2.74. The van der Waals surface area contributed by atoms with Gasteiger partial charge in [-0.1, -0.05) is 0 Å². The first-order valence-corrected chi connectivity index (χ1v) is 3.99. The van der Waals surface area contributed by atoms with Crippen molar-refractivity contribution >= 4 is 11.5 Å². The highest BCUT2D eigenvalue weighted by molar-refractivity contribution is 5.97. The van der Waals surface area contributed by atoms with Crippen LogP contribution in [0.5, 0.6) is 0 Å². The molecule has 2 nitrogen and oxygen atoms in total. The zero-order valence-corrected chi connectivity index (χ0v) is 7.45. The predicted molar refractivity (Wildman–Crippen MR) is 48.0 cm³/mol. The lowest BCUT2D eigenvalue weighted by Gasteiger charge is -1.99. The fourth-order valence-electron chi connectivity index (χ4n) is 0.902. The molecule has 0 unspecified atom stereocenters. The number of benzene rings is 1. The van der Waals surface area contributed by atoms with Crippen molar-refractivity contribution in [2.24, 2.45) is 0 Å². The molecule has 1 aromatic carbocycles. The second kappa shape index (κ2) is 4.63. The topological polar surface area (TPSA) is 37.3 Å². The van der Waals surface area contributed by atoms with Crippen LogP contribution in [-0.4, -0.2) is 17.3 Å². The Morgan fingerprint density at radius 2 is 1.80 bits per heavy atom. The zero-order chi connectivity index (χ0) is 11.4. The van der Waals surface area contributed by atoms with E-state index in [2.05, 4.69) is 0 Å². The third-order valence-corrected chi connectivity index (χ3v) is 1.63. The van der Waals surface area contributed by atoms with E-state index in [1.165, 1.54) is 12.1 Å².